The zero-order valence-electron chi connectivity index (χ0n) is 12.5. The maximum absolute atomic E-state index is 13.6. The van der Waals surface area contributed by atoms with Crippen molar-refractivity contribution in [2.24, 2.45) is 7.05 Å². The van der Waals surface area contributed by atoms with Crippen LogP contribution in [0, 0.1) is 12.7 Å². The Morgan fingerprint density at radius 3 is 2.70 bits per heavy atom. The quantitative estimate of drug-likeness (QED) is 0.876. The predicted octanol–water partition coefficient (Wildman–Crippen LogP) is 2.47. The highest BCUT2D eigenvalue weighted by atomic mass is 35.5. The van der Waals surface area contributed by atoms with Gasteiger partial charge in [-0.3, -0.25) is 14.3 Å². The van der Waals surface area contributed by atoms with Gasteiger partial charge in [0.2, 0.25) is 0 Å². The van der Waals surface area contributed by atoms with Crippen LogP contribution in [0.15, 0.2) is 24.4 Å². The molecular weight excluding hydrogens is 325 g/mol. The molecule has 6 nitrogen and oxygen atoms in total. The normalized spacial score (nSPS) is 12.0. The van der Waals surface area contributed by atoms with Gasteiger partial charge in [0.05, 0.1) is 28.7 Å². The van der Waals surface area contributed by atoms with Crippen LogP contribution in [-0.2, 0) is 11.8 Å². The number of carbonyl (C=O) groups excluding carboxylic acids is 1. The molecule has 1 amide bonds. The van der Waals surface area contributed by atoms with Gasteiger partial charge in [0.25, 0.3) is 5.91 Å². The van der Waals surface area contributed by atoms with Crippen LogP contribution in [0.3, 0.4) is 0 Å². The lowest BCUT2D eigenvalue weighted by Crippen LogP contribution is -2.30. The molecule has 0 bridgehead atoms. The maximum Gasteiger partial charge on any atom is 0.305 e. The average Bonchev–Trinajstić information content (AvgIpc) is 2.79. The summed E-state index contributed by atoms with van der Waals surface area (Å²) in [5, 5.41) is 15.6. The number of amides is 1. The van der Waals surface area contributed by atoms with Gasteiger partial charge in [0.15, 0.2) is 0 Å². The van der Waals surface area contributed by atoms with Gasteiger partial charge in [0, 0.05) is 13.2 Å². The Kier molecular flexibility index (Phi) is 5.00. The van der Waals surface area contributed by atoms with Crippen molar-refractivity contribution in [3.05, 3.63) is 52.1 Å². The highest BCUT2D eigenvalue weighted by molar-refractivity contribution is 6.30. The van der Waals surface area contributed by atoms with E-state index in [-0.39, 0.29) is 11.4 Å². The van der Waals surface area contributed by atoms with Gasteiger partial charge in [-0.2, -0.15) is 5.10 Å². The van der Waals surface area contributed by atoms with Gasteiger partial charge in [-0.1, -0.05) is 17.7 Å². The van der Waals surface area contributed by atoms with Crippen molar-refractivity contribution in [2.75, 3.05) is 0 Å². The number of hydrogen-bond donors (Lipinski definition) is 2. The molecule has 0 saturated carbocycles. The zero-order valence-corrected chi connectivity index (χ0v) is 13.3. The summed E-state index contributed by atoms with van der Waals surface area (Å²) >= 11 is 5.63. The van der Waals surface area contributed by atoms with E-state index in [9.17, 15) is 14.0 Å². The third kappa shape index (κ3) is 4.07. The van der Waals surface area contributed by atoms with Crippen molar-refractivity contribution in [3.8, 4) is 0 Å². The van der Waals surface area contributed by atoms with Gasteiger partial charge < -0.3 is 10.4 Å². The largest absolute Gasteiger partial charge is 0.481 e. The number of carboxylic acid groups (broad SMARTS) is 1. The minimum atomic E-state index is -1.12. The fourth-order valence-electron chi connectivity index (χ4n) is 2.21. The molecule has 23 heavy (non-hydrogen) atoms. The predicted molar refractivity (Wildman–Crippen MR) is 81.8 cm³/mol. The summed E-state index contributed by atoms with van der Waals surface area (Å²) in [6, 6.07) is 3.04. The third-order valence-corrected chi connectivity index (χ3v) is 3.59. The van der Waals surface area contributed by atoms with Crippen LogP contribution in [0.5, 0.6) is 0 Å². The van der Waals surface area contributed by atoms with Gasteiger partial charge in [-0.25, -0.2) is 4.39 Å². The molecule has 8 heteroatoms. The lowest BCUT2D eigenvalue weighted by Gasteiger charge is -2.17. The topological polar surface area (TPSA) is 84.2 Å². The van der Waals surface area contributed by atoms with Crippen molar-refractivity contribution in [2.45, 2.75) is 19.4 Å². The van der Waals surface area contributed by atoms with E-state index < -0.39 is 23.7 Å². The van der Waals surface area contributed by atoms with Crippen molar-refractivity contribution in [1.29, 1.82) is 0 Å². The van der Waals surface area contributed by atoms with Crippen LogP contribution in [0.2, 0.25) is 5.02 Å². The number of hydrogen-bond acceptors (Lipinski definition) is 3. The highest BCUT2D eigenvalue weighted by Crippen LogP contribution is 2.23. The van der Waals surface area contributed by atoms with E-state index in [2.05, 4.69) is 10.4 Å². The van der Waals surface area contributed by atoms with E-state index in [0.29, 0.717) is 16.8 Å². The molecule has 1 aromatic carbocycles. The molecule has 0 fully saturated rings. The number of carbonyl (C=O) groups is 2. The first kappa shape index (κ1) is 17.0. The van der Waals surface area contributed by atoms with Crippen LogP contribution in [0.1, 0.15) is 34.1 Å². The van der Waals surface area contributed by atoms with Crippen molar-refractivity contribution < 1.29 is 19.1 Å². The van der Waals surface area contributed by atoms with Gasteiger partial charge in [-0.05, 0) is 24.6 Å². The minimum absolute atomic E-state index is 0.0720. The van der Waals surface area contributed by atoms with Crippen molar-refractivity contribution in [3.63, 3.8) is 0 Å². The van der Waals surface area contributed by atoms with Crippen molar-refractivity contribution in [1.82, 2.24) is 15.1 Å². The summed E-state index contributed by atoms with van der Waals surface area (Å²) in [6.45, 7) is 1.67. The molecule has 2 N–H and O–H groups in total. The first-order valence-electron chi connectivity index (χ1n) is 6.75. The molecule has 0 aliphatic carbocycles. The average molecular weight is 340 g/mol. The first-order valence-corrected chi connectivity index (χ1v) is 7.13. The molecule has 1 atom stereocenters. The standard InChI is InChI=1S/C15H15ClFN3O3/c1-8-10(7-20(2)19-8)15(23)18-13(6-14(21)22)9-3-4-11(16)12(17)5-9/h3-5,7,13H,6H2,1-2H3,(H,18,23)(H,21,22)/t13-/m0/s1. The fourth-order valence-corrected chi connectivity index (χ4v) is 2.33. The minimum Gasteiger partial charge on any atom is -0.481 e. The summed E-state index contributed by atoms with van der Waals surface area (Å²) in [6.07, 6.45) is 1.15. The number of rotatable bonds is 5. The number of halogens is 2. The molecule has 0 aliphatic rings. The number of nitrogens with one attached hydrogen (secondary N) is 1. The summed E-state index contributed by atoms with van der Waals surface area (Å²) in [5.41, 5.74) is 1.17. The van der Waals surface area contributed by atoms with Crippen LogP contribution < -0.4 is 5.32 Å². The van der Waals surface area contributed by atoms with Crippen LogP contribution >= 0.6 is 11.6 Å². The molecule has 0 saturated heterocycles. The Hall–Kier alpha value is -2.41. The Balaban J connectivity index is 2.28. The Morgan fingerprint density at radius 1 is 1.48 bits per heavy atom. The SMILES string of the molecule is Cc1nn(C)cc1C(=O)N[C@@H](CC(=O)O)c1ccc(Cl)c(F)c1. The molecule has 2 aromatic rings. The van der Waals surface area contributed by atoms with E-state index in [1.807, 2.05) is 0 Å². The van der Waals surface area contributed by atoms with Crippen molar-refractivity contribution >= 4 is 23.5 Å². The van der Waals surface area contributed by atoms with E-state index >= 15 is 0 Å². The van der Waals surface area contributed by atoms with Crippen LogP contribution in [-0.4, -0.2) is 26.8 Å². The second-order valence-electron chi connectivity index (χ2n) is 5.10. The molecule has 2 rings (SSSR count). The number of nitrogens with zero attached hydrogens (tertiary/aromatic N) is 2. The van der Waals surface area contributed by atoms with E-state index in [4.69, 9.17) is 16.7 Å². The van der Waals surface area contributed by atoms with Gasteiger partial charge >= 0.3 is 5.97 Å². The van der Waals surface area contributed by atoms with E-state index in [0.717, 1.165) is 6.07 Å². The highest BCUT2D eigenvalue weighted by Gasteiger charge is 2.22. The number of benzene rings is 1. The summed E-state index contributed by atoms with van der Waals surface area (Å²) < 4.78 is 15.1. The lowest BCUT2D eigenvalue weighted by molar-refractivity contribution is -0.137. The molecule has 1 aromatic heterocycles. The number of aromatic nitrogens is 2. The molecule has 1 heterocycles. The summed E-state index contributed by atoms with van der Waals surface area (Å²) in [4.78, 5) is 23.4. The second kappa shape index (κ2) is 6.78. The smallest absolute Gasteiger partial charge is 0.305 e. The summed E-state index contributed by atoms with van der Waals surface area (Å²) in [7, 11) is 1.67. The molecule has 0 spiro atoms. The Labute approximate surface area is 136 Å². The molecule has 0 radical (unpaired) electrons. The number of aliphatic carboxylic acids is 1. The van der Waals surface area contributed by atoms with E-state index in [1.165, 1.54) is 23.0 Å². The molecular formula is C15H15ClFN3O3. The van der Waals surface area contributed by atoms with E-state index in [1.54, 1.807) is 14.0 Å². The second-order valence-corrected chi connectivity index (χ2v) is 5.51. The number of carboxylic acids is 1. The van der Waals surface area contributed by atoms with Gasteiger partial charge in [-0.15, -0.1) is 0 Å². The third-order valence-electron chi connectivity index (χ3n) is 3.29. The summed E-state index contributed by atoms with van der Waals surface area (Å²) in [5.74, 6) is -2.27. The zero-order chi connectivity index (χ0) is 17.1. The molecule has 0 aliphatic heterocycles. The van der Waals surface area contributed by atoms with Gasteiger partial charge in [0.1, 0.15) is 5.82 Å². The Bertz CT molecular complexity index is 760. The molecule has 0 unspecified atom stereocenters. The molecule has 122 valence electrons. The fraction of sp³-hybridized carbons (Fsp3) is 0.267. The monoisotopic (exact) mass is 339 g/mol. The number of aryl methyl sites for hydroxylation is 2. The van der Waals surface area contributed by atoms with Crippen LogP contribution in [0.4, 0.5) is 4.39 Å². The van der Waals surface area contributed by atoms with Crippen LogP contribution in [0.25, 0.3) is 0 Å². The first-order chi connectivity index (χ1) is 10.8. The Morgan fingerprint density at radius 2 is 2.17 bits per heavy atom. The lowest BCUT2D eigenvalue weighted by atomic mass is 10.0. The maximum atomic E-state index is 13.6.